The molecule has 26 heavy (non-hydrogen) atoms. The van der Waals surface area contributed by atoms with Crippen LogP contribution in [0.3, 0.4) is 0 Å². The molecule has 3 N–H and O–H groups in total. The number of amides is 1. The number of carbonyl (C=O) groups is 1. The van der Waals surface area contributed by atoms with Crippen molar-refractivity contribution in [3.05, 3.63) is 47.2 Å². The SMILES string of the molecule is Cc1cc(N(C)C)oc1CSCCNC(=O)c1ccc(S(N)(=O)=O)cc1. The predicted molar refractivity (Wildman–Crippen MR) is 104 cm³/mol. The maximum Gasteiger partial charge on any atom is 0.251 e. The summed E-state index contributed by atoms with van der Waals surface area (Å²) >= 11 is 1.67. The van der Waals surface area contributed by atoms with Gasteiger partial charge >= 0.3 is 0 Å². The van der Waals surface area contributed by atoms with Crippen LogP contribution in [-0.4, -0.2) is 40.7 Å². The normalized spacial score (nSPS) is 11.4. The minimum atomic E-state index is -3.75. The van der Waals surface area contributed by atoms with E-state index in [2.05, 4.69) is 5.32 Å². The Morgan fingerprint density at radius 2 is 1.92 bits per heavy atom. The molecule has 0 saturated carbocycles. The van der Waals surface area contributed by atoms with Gasteiger partial charge in [-0.2, -0.15) is 11.8 Å². The molecule has 0 spiro atoms. The number of anilines is 1. The topological polar surface area (TPSA) is 106 Å². The van der Waals surface area contributed by atoms with Crippen LogP contribution < -0.4 is 15.4 Å². The highest BCUT2D eigenvalue weighted by molar-refractivity contribution is 7.98. The van der Waals surface area contributed by atoms with Crippen molar-refractivity contribution < 1.29 is 17.6 Å². The highest BCUT2D eigenvalue weighted by Crippen LogP contribution is 2.24. The number of aryl methyl sites for hydroxylation is 1. The number of sulfonamides is 1. The summed E-state index contributed by atoms with van der Waals surface area (Å²) < 4.78 is 28.2. The number of hydrogen-bond acceptors (Lipinski definition) is 6. The molecular weight excluding hydrogens is 374 g/mol. The molecule has 2 rings (SSSR count). The van der Waals surface area contributed by atoms with Crippen molar-refractivity contribution in [3.8, 4) is 0 Å². The number of benzene rings is 1. The van der Waals surface area contributed by atoms with Gasteiger partial charge in [-0.3, -0.25) is 4.79 Å². The smallest absolute Gasteiger partial charge is 0.251 e. The number of nitrogens with zero attached hydrogens (tertiary/aromatic N) is 1. The summed E-state index contributed by atoms with van der Waals surface area (Å²) in [4.78, 5) is 13.9. The van der Waals surface area contributed by atoms with Crippen molar-refractivity contribution in [2.45, 2.75) is 17.6 Å². The summed E-state index contributed by atoms with van der Waals surface area (Å²) in [7, 11) is 0.111. The monoisotopic (exact) mass is 397 g/mol. The molecule has 0 fully saturated rings. The molecule has 0 unspecified atom stereocenters. The average Bonchev–Trinajstić information content (AvgIpc) is 2.95. The molecule has 0 bridgehead atoms. The number of carbonyl (C=O) groups excluding carboxylic acids is 1. The van der Waals surface area contributed by atoms with Crippen molar-refractivity contribution in [2.75, 3.05) is 31.3 Å². The van der Waals surface area contributed by atoms with Gasteiger partial charge in [0.25, 0.3) is 5.91 Å². The Hall–Kier alpha value is -1.97. The Bertz CT molecular complexity index is 859. The molecule has 0 aliphatic heterocycles. The van der Waals surface area contributed by atoms with E-state index in [0.717, 1.165) is 28.7 Å². The van der Waals surface area contributed by atoms with Crippen LogP contribution in [0.2, 0.25) is 0 Å². The molecule has 0 aliphatic rings. The summed E-state index contributed by atoms with van der Waals surface area (Å²) in [6.07, 6.45) is 0. The molecule has 1 aromatic carbocycles. The molecule has 1 amide bonds. The van der Waals surface area contributed by atoms with Crippen LogP contribution in [-0.2, 0) is 15.8 Å². The van der Waals surface area contributed by atoms with Gasteiger partial charge in [0.1, 0.15) is 5.76 Å². The first-order valence-electron chi connectivity index (χ1n) is 7.94. The average molecular weight is 398 g/mol. The quantitative estimate of drug-likeness (QED) is 0.660. The molecule has 2 aromatic rings. The fourth-order valence-electron chi connectivity index (χ4n) is 2.17. The molecule has 0 radical (unpaired) electrons. The lowest BCUT2D eigenvalue weighted by Crippen LogP contribution is -2.25. The lowest BCUT2D eigenvalue weighted by atomic mass is 10.2. The summed E-state index contributed by atoms with van der Waals surface area (Å²) in [6.45, 7) is 2.51. The van der Waals surface area contributed by atoms with E-state index in [9.17, 15) is 13.2 Å². The lowest BCUT2D eigenvalue weighted by Gasteiger charge is -2.07. The van der Waals surface area contributed by atoms with Gasteiger partial charge in [0.05, 0.1) is 10.6 Å². The second-order valence-corrected chi connectivity index (χ2v) is 8.63. The van der Waals surface area contributed by atoms with E-state index in [1.165, 1.54) is 24.3 Å². The van der Waals surface area contributed by atoms with Gasteiger partial charge in [-0.25, -0.2) is 13.6 Å². The third-order valence-electron chi connectivity index (χ3n) is 3.66. The van der Waals surface area contributed by atoms with Crippen LogP contribution in [0.1, 0.15) is 21.7 Å². The van der Waals surface area contributed by atoms with Crippen molar-refractivity contribution in [2.24, 2.45) is 5.14 Å². The van der Waals surface area contributed by atoms with Crippen LogP contribution in [0.5, 0.6) is 0 Å². The first kappa shape index (κ1) is 20.3. The van der Waals surface area contributed by atoms with Crippen molar-refractivity contribution in [1.82, 2.24) is 5.32 Å². The van der Waals surface area contributed by atoms with E-state index >= 15 is 0 Å². The standard InChI is InChI=1S/C17H23N3O4S2/c1-12-10-16(20(2)3)24-15(12)11-25-9-8-19-17(21)13-4-6-14(7-5-13)26(18,22)23/h4-7,10H,8-9,11H2,1-3H3,(H,19,21)(H2,18,22,23). The van der Waals surface area contributed by atoms with E-state index in [4.69, 9.17) is 9.56 Å². The van der Waals surface area contributed by atoms with Crippen LogP contribution in [0.15, 0.2) is 39.6 Å². The second kappa shape index (κ2) is 8.61. The van der Waals surface area contributed by atoms with E-state index in [0.29, 0.717) is 12.1 Å². The van der Waals surface area contributed by atoms with Crippen molar-refractivity contribution >= 4 is 33.6 Å². The Kier molecular flexibility index (Phi) is 6.74. The second-order valence-electron chi connectivity index (χ2n) is 5.96. The van der Waals surface area contributed by atoms with Gasteiger partial charge < -0.3 is 14.6 Å². The summed E-state index contributed by atoms with van der Waals surface area (Å²) in [5.74, 6) is 2.98. The summed E-state index contributed by atoms with van der Waals surface area (Å²) in [6, 6.07) is 7.53. The lowest BCUT2D eigenvalue weighted by molar-refractivity contribution is 0.0956. The van der Waals surface area contributed by atoms with E-state index in [-0.39, 0.29) is 10.8 Å². The Morgan fingerprint density at radius 3 is 2.46 bits per heavy atom. The van der Waals surface area contributed by atoms with Crippen molar-refractivity contribution in [3.63, 3.8) is 0 Å². The largest absolute Gasteiger partial charge is 0.444 e. The van der Waals surface area contributed by atoms with Gasteiger partial charge in [-0.15, -0.1) is 0 Å². The van der Waals surface area contributed by atoms with Gasteiger partial charge in [0.15, 0.2) is 5.88 Å². The molecule has 0 aliphatic carbocycles. The number of furan rings is 1. The highest BCUT2D eigenvalue weighted by atomic mass is 32.2. The van der Waals surface area contributed by atoms with Crippen LogP contribution in [0.4, 0.5) is 5.88 Å². The van der Waals surface area contributed by atoms with Gasteiger partial charge in [-0.05, 0) is 36.8 Å². The maximum atomic E-state index is 12.0. The molecule has 1 heterocycles. The molecular formula is C17H23N3O4S2. The number of rotatable bonds is 8. The first-order valence-corrected chi connectivity index (χ1v) is 10.6. The molecule has 142 valence electrons. The minimum absolute atomic E-state index is 0.0180. The van der Waals surface area contributed by atoms with E-state index in [1.807, 2.05) is 32.0 Å². The zero-order valence-electron chi connectivity index (χ0n) is 15.0. The Balaban J connectivity index is 1.77. The van der Waals surface area contributed by atoms with Gasteiger partial charge in [0, 0.05) is 38.0 Å². The Morgan fingerprint density at radius 1 is 1.27 bits per heavy atom. The van der Waals surface area contributed by atoms with Crippen LogP contribution >= 0.6 is 11.8 Å². The van der Waals surface area contributed by atoms with Crippen molar-refractivity contribution in [1.29, 1.82) is 0 Å². The zero-order chi connectivity index (χ0) is 19.3. The number of primary sulfonamides is 1. The number of thioether (sulfide) groups is 1. The first-order chi connectivity index (χ1) is 12.2. The molecule has 0 saturated heterocycles. The zero-order valence-corrected chi connectivity index (χ0v) is 16.6. The van der Waals surface area contributed by atoms with Crippen LogP contribution in [0.25, 0.3) is 0 Å². The minimum Gasteiger partial charge on any atom is -0.444 e. The fourth-order valence-corrected chi connectivity index (χ4v) is 3.54. The van der Waals surface area contributed by atoms with E-state index in [1.54, 1.807) is 11.8 Å². The third kappa shape index (κ3) is 5.52. The summed E-state index contributed by atoms with van der Waals surface area (Å²) in [5, 5.41) is 7.83. The van der Waals surface area contributed by atoms with Gasteiger partial charge in [-0.1, -0.05) is 0 Å². The number of nitrogens with one attached hydrogen (secondary N) is 1. The van der Waals surface area contributed by atoms with Gasteiger partial charge in [0.2, 0.25) is 10.0 Å². The molecule has 7 nitrogen and oxygen atoms in total. The Labute approximate surface area is 158 Å². The number of hydrogen-bond donors (Lipinski definition) is 2. The molecule has 9 heteroatoms. The molecule has 0 atom stereocenters. The van der Waals surface area contributed by atoms with Crippen LogP contribution in [0, 0.1) is 6.92 Å². The maximum absolute atomic E-state index is 12.0. The predicted octanol–water partition coefficient (Wildman–Crippen LogP) is 1.96. The fraction of sp³-hybridized carbons (Fsp3) is 0.353. The third-order valence-corrected chi connectivity index (χ3v) is 5.55. The summed E-state index contributed by atoms with van der Waals surface area (Å²) in [5.41, 5.74) is 1.50. The molecule has 1 aromatic heterocycles. The highest BCUT2D eigenvalue weighted by Gasteiger charge is 2.11. The number of nitrogens with two attached hydrogens (primary N) is 1. The van der Waals surface area contributed by atoms with E-state index < -0.39 is 10.0 Å².